The first kappa shape index (κ1) is 16.2. The van der Waals surface area contributed by atoms with Crippen LogP contribution in [0.4, 0.5) is 14.5 Å². The van der Waals surface area contributed by atoms with Crippen LogP contribution in [0.25, 0.3) is 0 Å². The number of fused-ring (bicyclic) bond motifs is 1. The molecule has 1 N–H and O–H groups in total. The minimum Gasteiger partial charge on any atom is -0.381 e. The largest absolute Gasteiger partial charge is 0.381 e. The smallest absolute Gasteiger partial charge is 0.160 e. The molecule has 0 atom stereocenters. The highest BCUT2D eigenvalue weighted by Gasteiger charge is 2.42. The SMILES string of the molecule is Fc1cc2c(cc1F)NC(=NCc1ccccc1)C1(CCOCC1)C2. The zero-order valence-corrected chi connectivity index (χ0v) is 13.9. The van der Waals surface area contributed by atoms with E-state index >= 15 is 0 Å². The summed E-state index contributed by atoms with van der Waals surface area (Å²) >= 11 is 0. The number of rotatable bonds is 2. The van der Waals surface area contributed by atoms with Crippen molar-refractivity contribution in [3.63, 3.8) is 0 Å². The van der Waals surface area contributed by atoms with Crippen LogP contribution in [0.15, 0.2) is 47.5 Å². The van der Waals surface area contributed by atoms with E-state index in [1.54, 1.807) is 0 Å². The summed E-state index contributed by atoms with van der Waals surface area (Å²) in [5.74, 6) is -0.776. The van der Waals surface area contributed by atoms with Gasteiger partial charge in [-0.1, -0.05) is 30.3 Å². The fourth-order valence-electron chi connectivity index (χ4n) is 3.70. The third-order valence-corrected chi connectivity index (χ3v) is 5.14. The average Bonchev–Trinajstić information content (AvgIpc) is 2.63. The van der Waals surface area contributed by atoms with Crippen LogP contribution in [0.5, 0.6) is 0 Å². The zero-order chi connectivity index (χ0) is 17.3. The molecule has 0 unspecified atom stereocenters. The monoisotopic (exact) mass is 342 g/mol. The standard InChI is InChI=1S/C20H20F2N2O/c21-16-10-15-12-20(6-8-25-9-7-20)19(24-18(15)11-17(16)22)23-13-14-4-2-1-3-5-14/h1-5,10-11H,6-9,12-13H2,(H,23,24). The summed E-state index contributed by atoms with van der Waals surface area (Å²) in [6.07, 6.45) is 2.31. The topological polar surface area (TPSA) is 33.6 Å². The Morgan fingerprint density at radius 3 is 2.52 bits per heavy atom. The quantitative estimate of drug-likeness (QED) is 0.881. The molecule has 1 spiro atoms. The molecule has 3 nitrogen and oxygen atoms in total. The Hall–Kier alpha value is -2.27. The van der Waals surface area contributed by atoms with Gasteiger partial charge >= 0.3 is 0 Å². The van der Waals surface area contributed by atoms with E-state index < -0.39 is 11.6 Å². The molecule has 0 radical (unpaired) electrons. The maximum Gasteiger partial charge on any atom is 0.160 e. The highest BCUT2D eigenvalue weighted by molar-refractivity contribution is 6.02. The van der Waals surface area contributed by atoms with Crippen LogP contribution >= 0.6 is 0 Å². The molecule has 0 aliphatic carbocycles. The minimum absolute atomic E-state index is 0.190. The molecule has 0 aromatic heterocycles. The van der Waals surface area contributed by atoms with Gasteiger partial charge in [0.25, 0.3) is 0 Å². The molecule has 2 aromatic rings. The Morgan fingerprint density at radius 2 is 1.76 bits per heavy atom. The van der Waals surface area contributed by atoms with Gasteiger partial charge in [0.2, 0.25) is 0 Å². The maximum atomic E-state index is 13.7. The van der Waals surface area contributed by atoms with Crippen molar-refractivity contribution in [2.75, 3.05) is 18.5 Å². The van der Waals surface area contributed by atoms with Crippen molar-refractivity contribution in [2.24, 2.45) is 10.4 Å². The first-order valence-corrected chi connectivity index (χ1v) is 8.58. The lowest BCUT2D eigenvalue weighted by molar-refractivity contribution is 0.0448. The average molecular weight is 342 g/mol. The van der Waals surface area contributed by atoms with Gasteiger partial charge in [0.05, 0.1) is 6.54 Å². The van der Waals surface area contributed by atoms with E-state index in [1.165, 1.54) is 12.1 Å². The van der Waals surface area contributed by atoms with Gasteiger partial charge < -0.3 is 10.1 Å². The van der Waals surface area contributed by atoms with Gasteiger partial charge in [-0.15, -0.1) is 0 Å². The van der Waals surface area contributed by atoms with Crippen LogP contribution < -0.4 is 5.32 Å². The summed E-state index contributed by atoms with van der Waals surface area (Å²) in [6.45, 7) is 1.88. The molecule has 2 heterocycles. The van der Waals surface area contributed by atoms with Gasteiger partial charge in [-0.3, -0.25) is 4.99 Å². The Kier molecular flexibility index (Phi) is 4.25. The van der Waals surface area contributed by atoms with Crippen LogP contribution in [0.3, 0.4) is 0 Å². The molecule has 0 bridgehead atoms. The van der Waals surface area contributed by atoms with Gasteiger partial charge in [0.1, 0.15) is 5.84 Å². The Balaban J connectivity index is 1.70. The van der Waals surface area contributed by atoms with E-state index in [-0.39, 0.29) is 5.41 Å². The van der Waals surface area contributed by atoms with Crippen LogP contribution in [-0.4, -0.2) is 19.0 Å². The first-order chi connectivity index (χ1) is 12.2. The van der Waals surface area contributed by atoms with Crippen molar-refractivity contribution in [1.29, 1.82) is 0 Å². The van der Waals surface area contributed by atoms with Crippen molar-refractivity contribution in [1.82, 2.24) is 0 Å². The lowest BCUT2D eigenvalue weighted by atomic mass is 9.71. The molecule has 130 valence electrons. The van der Waals surface area contributed by atoms with Gasteiger partial charge in [0.15, 0.2) is 11.6 Å². The third kappa shape index (κ3) is 3.16. The second kappa shape index (κ2) is 6.56. The van der Waals surface area contributed by atoms with Crippen molar-refractivity contribution < 1.29 is 13.5 Å². The van der Waals surface area contributed by atoms with Crippen LogP contribution in [0, 0.1) is 17.0 Å². The number of nitrogens with one attached hydrogen (secondary N) is 1. The molecular weight excluding hydrogens is 322 g/mol. The summed E-state index contributed by atoms with van der Waals surface area (Å²) in [5.41, 5.74) is 2.35. The van der Waals surface area contributed by atoms with Gasteiger partial charge in [-0.05, 0) is 36.5 Å². The molecule has 25 heavy (non-hydrogen) atoms. The van der Waals surface area contributed by atoms with Gasteiger partial charge in [-0.25, -0.2) is 8.78 Å². The molecule has 0 saturated carbocycles. The van der Waals surface area contributed by atoms with Crippen molar-refractivity contribution >= 4 is 11.5 Å². The molecule has 4 rings (SSSR count). The van der Waals surface area contributed by atoms with E-state index in [9.17, 15) is 8.78 Å². The highest BCUT2D eigenvalue weighted by atomic mass is 19.2. The summed E-state index contributed by atoms with van der Waals surface area (Å²) in [5, 5.41) is 3.28. The number of hydrogen-bond acceptors (Lipinski definition) is 2. The number of hydrogen-bond donors (Lipinski definition) is 1. The van der Waals surface area contributed by atoms with Crippen LogP contribution in [0.1, 0.15) is 24.0 Å². The second-order valence-corrected chi connectivity index (χ2v) is 6.77. The van der Waals surface area contributed by atoms with Gasteiger partial charge in [0, 0.05) is 30.4 Å². The number of benzene rings is 2. The lowest BCUT2D eigenvalue weighted by Gasteiger charge is -2.42. The number of ether oxygens (including phenoxy) is 1. The summed E-state index contributed by atoms with van der Waals surface area (Å²) in [7, 11) is 0. The molecule has 2 aliphatic rings. The van der Waals surface area contributed by atoms with Gasteiger partial charge in [-0.2, -0.15) is 0 Å². The van der Waals surface area contributed by atoms with Crippen molar-refractivity contribution in [3.05, 3.63) is 65.2 Å². The van der Waals surface area contributed by atoms with Crippen LogP contribution in [0.2, 0.25) is 0 Å². The third-order valence-electron chi connectivity index (χ3n) is 5.14. The fourth-order valence-corrected chi connectivity index (χ4v) is 3.70. The molecule has 1 fully saturated rings. The van der Waals surface area contributed by atoms with E-state index in [4.69, 9.17) is 9.73 Å². The summed E-state index contributed by atoms with van der Waals surface area (Å²) in [4.78, 5) is 4.82. The lowest BCUT2D eigenvalue weighted by Crippen LogP contribution is -2.46. The van der Waals surface area contributed by atoms with E-state index in [2.05, 4.69) is 5.32 Å². The Bertz CT molecular complexity index is 799. The zero-order valence-electron chi connectivity index (χ0n) is 13.9. The minimum atomic E-state index is -0.836. The molecular formula is C20H20F2N2O. The predicted molar refractivity (Wildman–Crippen MR) is 93.8 cm³/mol. The number of anilines is 1. The van der Waals surface area contributed by atoms with Crippen LogP contribution in [-0.2, 0) is 17.7 Å². The molecule has 2 aliphatic heterocycles. The molecule has 2 aromatic carbocycles. The maximum absolute atomic E-state index is 13.7. The first-order valence-electron chi connectivity index (χ1n) is 8.58. The van der Waals surface area contributed by atoms with E-state index in [1.807, 2.05) is 30.3 Å². The summed E-state index contributed by atoms with van der Waals surface area (Å²) in [6, 6.07) is 12.6. The molecule has 5 heteroatoms. The normalized spacial score (nSPS) is 20.3. The van der Waals surface area contributed by atoms with Crippen molar-refractivity contribution in [2.45, 2.75) is 25.8 Å². The molecule has 1 saturated heterocycles. The van der Waals surface area contributed by atoms with Crippen molar-refractivity contribution in [3.8, 4) is 0 Å². The predicted octanol–water partition coefficient (Wildman–Crippen LogP) is 4.33. The van der Waals surface area contributed by atoms with E-state index in [0.717, 1.165) is 29.8 Å². The second-order valence-electron chi connectivity index (χ2n) is 6.77. The number of amidine groups is 1. The number of nitrogens with zero attached hydrogens (tertiary/aromatic N) is 1. The molecule has 0 amide bonds. The number of aliphatic imine (C=N–C) groups is 1. The summed E-state index contributed by atoms with van der Waals surface area (Å²) < 4.78 is 32.8. The fraction of sp³-hybridized carbons (Fsp3) is 0.350. The Morgan fingerprint density at radius 1 is 1.04 bits per heavy atom. The highest BCUT2D eigenvalue weighted by Crippen LogP contribution is 2.42. The number of halogens is 2. The van der Waals surface area contributed by atoms with E-state index in [0.29, 0.717) is 31.9 Å². The Labute approximate surface area is 145 Å².